The topological polar surface area (TPSA) is 17.8 Å². The third-order valence-electron chi connectivity index (χ3n) is 2.35. The minimum Gasteiger partial charge on any atom is -0.328 e. The number of aromatic nitrogens is 2. The van der Waals surface area contributed by atoms with Gasteiger partial charge in [-0.15, -0.1) is 0 Å². The van der Waals surface area contributed by atoms with Crippen LogP contribution in [0.2, 0.25) is 10.0 Å². The molecular formula is C12H12Cl2N2. The highest BCUT2D eigenvalue weighted by Gasteiger charge is 2.09. The molecule has 0 aliphatic carbocycles. The Morgan fingerprint density at radius 1 is 1.12 bits per heavy atom. The van der Waals surface area contributed by atoms with Crippen LogP contribution in [0.1, 0.15) is 19.9 Å². The summed E-state index contributed by atoms with van der Waals surface area (Å²) >= 11 is 12.0. The first-order valence-corrected chi connectivity index (χ1v) is 5.83. The van der Waals surface area contributed by atoms with E-state index in [0.717, 1.165) is 11.4 Å². The Bertz CT molecular complexity index is 483. The Morgan fingerprint density at radius 3 is 2.31 bits per heavy atom. The summed E-state index contributed by atoms with van der Waals surface area (Å²) < 4.78 is 2.09. The van der Waals surface area contributed by atoms with Crippen molar-refractivity contribution in [3.63, 3.8) is 0 Å². The Morgan fingerprint density at radius 2 is 1.75 bits per heavy atom. The maximum Gasteiger partial charge on any atom is 0.140 e. The fraction of sp³-hybridized carbons (Fsp3) is 0.250. The molecule has 16 heavy (non-hydrogen) atoms. The zero-order valence-corrected chi connectivity index (χ0v) is 10.6. The second kappa shape index (κ2) is 4.48. The fourth-order valence-electron chi connectivity index (χ4n) is 1.64. The molecule has 0 N–H and O–H groups in total. The first-order chi connectivity index (χ1) is 7.58. The van der Waals surface area contributed by atoms with Gasteiger partial charge < -0.3 is 4.57 Å². The van der Waals surface area contributed by atoms with Crippen LogP contribution in [0.4, 0.5) is 0 Å². The molecule has 0 atom stereocenters. The number of nitrogens with zero attached hydrogens (tertiary/aromatic N) is 2. The maximum absolute atomic E-state index is 5.98. The van der Waals surface area contributed by atoms with E-state index in [1.165, 1.54) is 0 Å². The second-order valence-corrected chi connectivity index (χ2v) is 4.78. The quantitative estimate of drug-likeness (QED) is 0.775. The van der Waals surface area contributed by atoms with Gasteiger partial charge in [-0.1, -0.05) is 23.2 Å². The van der Waals surface area contributed by atoms with Crippen molar-refractivity contribution in [1.82, 2.24) is 9.55 Å². The summed E-state index contributed by atoms with van der Waals surface area (Å²) in [6.07, 6.45) is 3.74. The number of imidazole rings is 1. The monoisotopic (exact) mass is 254 g/mol. The molecule has 2 rings (SSSR count). The van der Waals surface area contributed by atoms with Crippen LogP contribution >= 0.6 is 23.2 Å². The molecule has 0 saturated heterocycles. The van der Waals surface area contributed by atoms with E-state index in [1.807, 2.05) is 18.3 Å². The van der Waals surface area contributed by atoms with Crippen LogP contribution in [-0.4, -0.2) is 9.55 Å². The van der Waals surface area contributed by atoms with Gasteiger partial charge in [0.05, 0.1) is 0 Å². The highest BCUT2D eigenvalue weighted by atomic mass is 35.5. The van der Waals surface area contributed by atoms with Gasteiger partial charge in [-0.05, 0) is 32.0 Å². The lowest BCUT2D eigenvalue weighted by Gasteiger charge is -2.11. The Labute approximate surface area is 105 Å². The molecule has 0 aliphatic rings. The Balaban J connectivity index is 2.54. The molecule has 1 aromatic heterocycles. The molecule has 0 aliphatic heterocycles. The molecule has 2 aromatic rings. The van der Waals surface area contributed by atoms with E-state index in [-0.39, 0.29) is 0 Å². The van der Waals surface area contributed by atoms with Crippen molar-refractivity contribution in [2.24, 2.45) is 0 Å². The smallest absolute Gasteiger partial charge is 0.140 e. The molecule has 0 saturated carbocycles. The van der Waals surface area contributed by atoms with Crippen LogP contribution in [-0.2, 0) is 0 Å². The molecule has 0 amide bonds. The molecule has 0 fully saturated rings. The fourth-order valence-corrected chi connectivity index (χ4v) is 2.16. The van der Waals surface area contributed by atoms with Crippen LogP contribution < -0.4 is 0 Å². The molecule has 0 radical (unpaired) electrons. The summed E-state index contributed by atoms with van der Waals surface area (Å²) in [7, 11) is 0. The standard InChI is InChI=1S/C12H12Cl2N2/c1-8(2)16-4-3-15-12(16)9-5-10(13)7-11(14)6-9/h3-8H,1-2H3. The van der Waals surface area contributed by atoms with Crippen LogP contribution in [0, 0.1) is 0 Å². The molecule has 0 bridgehead atoms. The lowest BCUT2D eigenvalue weighted by molar-refractivity contribution is 0.606. The van der Waals surface area contributed by atoms with E-state index in [2.05, 4.69) is 23.4 Å². The molecule has 4 heteroatoms. The van der Waals surface area contributed by atoms with Crippen molar-refractivity contribution in [1.29, 1.82) is 0 Å². The molecule has 2 nitrogen and oxygen atoms in total. The SMILES string of the molecule is CC(C)n1ccnc1-c1cc(Cl)cc(Cl)c1. The van der Waals surface area contributed by atoms with Crippen LogP contribution in [0.15, 0.2) is 30.6 Å². The average molecular weight is 255 g/mol. The van der Waals surface area contributed by atoms with Gasteiger partial charge in [0.2, 0.25) is 0 Å². The summed E-state index contributed by atoms with van der Waals surface area (Å²) in [5.41, 5.74) is 0.941. The van der Waals surface area contributed by atoms with Gasteiger partial charge in [0.25, 0.3) is 0 Å². The van der Waals surface area contributed by atoms with Crippen molar-refractivity contribution in [3.8, 4) is 11.4 Å². The summed E-state index contributed by atoms with van der Waals surface area (Å²) in [5.74, 6) is 0.888. The minimum atomic E-state index is 0.357. The predicted molar refractivity (Wildman–Crippen MR) is 68.1 cm³/mol. The van der Waals surface area contributed by atoms with E-state index >= 15 is 0 Å². The van der Waals surface area contributed by atoms with Gasteiger partial charge in [0.1, 0.15) is 5.82 Å². The number of hydrogen-bond donors (Lipinski definition) is 0. The van der Waals surface area contributed by atoms with Crippen molar-refractivity contribution in [3.05, 3.63) is 40.6 Å². The predicted octanol–water partition coefficient (Wildman–Crippen LogP) is 4.44. The van der Waals surface area contributed by atoms with E-state index < -0.39 is 0 Å². The van der Waals surface area contributed by atoms with Gasteiger partial charge in [0.15, 0.2) is 0 Å². The summed E-state index contributed by atoms with van der Waals surface area (Å²) in [4.78, 5) is 4.34. The number of halogens is 2. The summed E-state index contributed by atoms with van der Waals surface area (Å²) in [5, 5.41) is 1.25. The molecule has 0 spiro atoms. The van der Waals surface area contributed by atoms with Crippen LogP contribution in [0.3, 0.4) is 0 Å². The van der Waals surface area contributed by atoms with Crippen molar-refractivity contribution >= 4 is 23.2 Å². The lowest BCUT2D eigenvalue weighted by Crippen LogP contribution is -2.01. The largest absolute Gasteiger partial charge is 0.328 e. The van der Waals surface area contributed by atoms with Gasteiger partial charge in [0, 0.05) is 34.0 Å². The molecule has 1 heterocycles. The van der Waals surface area contributed by atoms with Gasteiger partial charge in [-0.2, -0.15) is 0 Å². The van der Waals surface area contributed by atoms with Gasteiger partial charge >= 0.3 is 0 Å². The summed E-state index contributed by atoms with van der Waals surface area (Å²) in [6.45, 7) is 4.22. The zero-order chi connectivity index (χ0) is 11.7. The van der Waals surface area contributed by atoms with Crippen LogP contribution in [0.25, 0.3) is 11.4 Å². The number of benzene rings is 1. The molecule has 1 aromatic carbocycles. The van der Waals surface area contributed by atoms with Gasteiger partial charge in [-0.3, -0.25) is 0 Å². The van der Waals surface area contributed by atoms with E-state index in [9.17, 15) is 0 Å². The van der Waals surface area contributed by atoms with Crippen molar-refractivity contribution in [2.75, 3.05) is 0 Å². The second-order valence-electron chi connectivity index (χ2n) is 3.91. The first-order valence-electron chi connectivity index (χ1n) is 5.07. The number of hydrogen-bond acceptors (Lipinski definition) is 1. The highest BCUT2D eigenvalue weighted by Crippen LogP contribution is 2.27. The van der Waals surface area contributed by atoms with E-state index in [4.69, 9.17) is 23.2 Å². The zero-order valence-electron chi connectivity index (χ0n) is 9.11. The Kier molecular flexibility index (Phi) is 3.22. The van der Waals surface area contributed by atoms with E-state index in [0.29, 0.717) is 16.1 Å². The molecule has 0 unspecified atom stereocenters. The number of rotatable bonds is 2. The Hall–Kier alpha value is -0.990. The average Bonchev–Trinajstić information content (AvgIpc) is 2.63. The first kappa shape index (κ1) is 11.5. The van der Waals surface area contributed by atoms with Crippen molar-refractivity contribution in [2.45, 2.75) is 19.9 Å². The lowest BCUT2D eigenvalue weighted by atomic mass is 10.2. The summed E-state index contributed by atoms with van der Waals surface area (Å²) in [6, 6.07) is 5.81. The normalized spacial score (nSPS) is 11.1. The maximum atomic E-state index is 5.98. The van der Waals surface area contributed by atoms with Crippen LogP contribution in [0.5, 0.6) is 0 Å². The molecule has 84 valence electrons. The third kappa shape index (κ3) is 2.23. The van der Waals surface area contributed by atoms with Crippen molar-refractivity contribution < 1.29 is 0 Å². The van der Waals surface area contributed by atoms with Gasteiger partial charge in [-0.25, -0.2) is 4.98 Å². The van der Waals surface area contributed by atoms with E-state index in [1.54, 1.807) is 12.3 Å². The minimum absolute atomic E-state index is 0.357. The third-order valence-corrected chi connectivity index (χ3v) is 2.78. The highest BCUT2D eigenvalue weighted by molar-refractivity contribution is 6.35. The molecular weight excluding hydrogens is 243 g/mol.